The van der Waals surface area contributed by atoms with Gasteiger partial charge in [-0.1, -0.05) is 18.2 Å². The van der Waals surface area contributed by atoms with Gasteiger partial charge >= 0.3 is 5.97 Å². The minimum Gasteiger partial charge on any atom is -0.460 e. The molecule has 0 bridgehead atoms. The highest BCUT2D eigenvalue weighted by atomic mass is 19.1. The second kappa shape index (κ2) is 10.7. The maximum atomic E-state index is 15.3. The van der Waals surface area contributed by atoms with Crippen molar-refractivity contribution >= 4 is 34.3 Å². The third-order valence-corrected chi connectivity index (χ3v) is 6.89. The first-order chi connectivity index (χ1) is 20.3. The largest absolute Gasteiger partial charge is 0.460 e. The SMILES string of the molecule is Cn1cc(Nc2nc(N)nc(-c3cccc(-n4ccc5cc(C6CC6)cc(F)c5c4=O)c3COC(=O)CC#N)n2)cn1. The average Bonchev–Trinajstić information content (AvgIpc) is 3.73. The Hall–Kier alpha value is -5.64. The molecule has 1 saturated carbocycles. The highest BCUT2D eigenvalue weighted by molar-refractivity contribution is 5.84. The van der Waals surface area contributed by atoms with Crippen molar-refractivity contribution in [1.29, 1.82) is 5.26 Å². The lowest BCUT2D eigenvalue weighted by molar-refractivity contribution is -0.143. The van der Waals surface area contributed by atoms with E-state index in [9.17, 15) is 9.59 Å². The fourth-order valence-electron chi connectivity index (χ4n) is 4.81. The molecule has 12 nitrogen and oxygen atoms in total. The van der Waals surface area contributed by atoms with Crippen LogP contribution in [0.1, 0.15) is 36.3 Å². The number of nitrogens with zero attached hydrogens (tertiary/aromatic N) is 7. The van der Waals surface area contributed by atoms with Gasteiger partial charge in [0.25, 0.3) is 5.56 Å². The van der Waals surface area contributed by atoms with Crippen molar-refractivity contribution in [3.8, 4) is 23.1 Å². The number of anilines is 3. The topological polar surface area (TPSA) is 167 Å². The number of aromatic nitrogens is 6. The van der Waals surface area contributed by atoms with Crippen LogP contribution in [0.4, 0.5) is 22.0 Å². The van der Waals surface area contributed by atoms with Crippen LogP contribution in [-0.4, -0.2) is 35.3 Å². The number of fused-ring (bicyclic) bond motifs is 1. The van der Waals surface area contributed by atoms with E-state index < -0.39 is 23.8 Å². The average molecular weight is 566 g/mol. The Balaban J connectivity index is 1.48. The van der Waals surface area contributed by atoms with Gasteiger partial charge in [-0.3, -0.25) is 18.8 Å². The zero-order valence-electron chi connectivity index (χ0n) is 22.4. The maximum absolute atomic E-state index is 15.3. The second-order valence-corrected chi connectivity index (χ2v) is 9.90. The number of hydrogen-bond donors (Lipinski definition) is 2. The Morgan fingerprint density at radius 1 is 1.24 bits per heavy atom. The van der Waals surface area contributed by atoms with Crippen molar-refractivity contribution in [1.82, 2.24) is 29.3 Å². The number of aryl methyl sites for hydroxylation is 1. The van der Waals surface area contributed by atoms with Gasteiger partial charge in [0, 0.05) is 30.6 Å². The quantitative estimate of drug-likeness (QED) is 0.264. The van der Waals surface area contributed by atoms with Crippen molar-refractivity contribution < 1.29 is 13.9 Å². The summed E-state index contributed by atoms with van der Waals surface area (Å²) < 4.78 is 23.5. The van der Waals surface area contributed by atoms with E-state index in [0.29, 0.717) is 33.8 Å². The van der Waals surface area contributed by atoms with Gasteiger partial charge in [0.15, 0.2) is 5.82 Å². The van der Waals surface area contributed by atoms with Crippen LogP contribution < -0.4 is 16.6 Å². The number of nitrogens with one attached hydrogen (secondary N) is 1. The molecular weight excluding hydrogens is 541 g/mol. The van der Waals surface area contributed by atoms with E-state index in [-0.39, 0.29) is 29.7 Å². The molecule has 0 spiro atoms. The van der Waals surface area contributed by atoms with E-state index >= 15 is 4.39 Å². The number of halogens is 1. The summed E-state index contributed by atoms with van der Waals surface area (Å²) in [7, 11) is 1.76. The fraction of sp³-hybridized carbons (Fsp3) is 0.207. The number of nitrogen functional groups attached to an aromatic ring is 1. The van der Waals surface area contributed by atoms with E-state index in [1.807, 2.05) is 6.07 Å². The normalized spacial score (nSPS) is 12.7. The summed E-state index contributed by atoms with van der Waals surface area (Å²) in [5, 5.41) is 16.5. The van der Waals surface area contributed by atoms with Gasteiger partial charge in [-0.05, 0) is 47.9 Å². The van der Waals surface area contributed by atoms with Crippen LogP contribution in [0.3, 0.4) is 0 Å². The van der Waals surface area contributed by atoms with Crippen LogP contribution in [0.15, 0.2) is 59.8 Å². The number of nitriles is 1. The molecule has 3 N–H and O–H groups in total. The monoisotopic (exact) mass is 565 g/mol. The van der Waals surface area contributed by atoms with Gasteiger partial charge in [0.2, 0.25) is 11.9 Å². The minimum atomic E-state index is -0.753. The molecule has 1 fully saturated rings. The highest BCUT2D eigenvalue weighted by Gasteiger charge is 2.26. The zero-order chi connectivity index (χ0) is 29.4. The predicted octanol–water partition coefficient (Wildman–Crippen LogP) is 3.88. The third-order valence-electron chi connectivity index (χ3n) is 6.89. The molecule has 0 amide bonds. The van der Waals surface area contributed by atoms with E-state index in [2.05, 4.69) is 25.4 Å². The minimum absolute atomic E-state index is 0.0490. The molecule has 0 atom stereocenters. The summed E-state index contributed by atoms with van der Waals surface area (Å²) in [6.07, 6.45) is 6.41. The number of carbonyl (C=O) groups is 1. The molecule has 5 aromatic rings. The maximum Gasteiger partial charge on any atom is 0.320 e. The number of hydrogen-bond acceptors (Lipinski definition) is 10. The number of nitrogens with two attached hydrogens (primary N) is 1. The molecular formula is C29H24FN9O3. The van der Waals surface area contributed by atoms with Crippen LogP contribution in [0.2, 0.25) is 0 Å². The molecule has 42 heavy (non-hydrogen) atoms. The molecule has 1 aliphatic carbocycles. The van der Waals surface area contributed by atoms with Gasteiger partial charge in [-0.2, -0.15) is 25.3 Å². The van der Waals surface area contributed by atoms with Crippen LogP contribution in [-0.2, 0) is 23.2 Å². The lowest BCUT2D eigenvalue weighted by atomic mass is 10.0. The van der Waals surface area contributed by atoms with Crippen molar-refractivity contribution in [2.24, 2.45) is 7.05 Å². The number of benzene rings is 2. The smallest absolute Gasteiger partial charge is 0.320 e. The summed E-state index contributed by atoms with van der Waals surface area (Å²) in [5.41, 5.74) is 7.98. The van der Waals surface area contributed by atoms with E-state index in [1.165, 1.54) is 10.6 Å². The van der Waals surface area contributed by atoms with Crippen LogP contribution >= 0.6 is 0 Å². The van der Waals surface area contributed by atoms with E-state index in [0.717, 1.165) is 18.4 Å². The molecule has 2 aromatic carbocycles. The molecule has 1 aliphatic rings. The molecule has 3 heterocycles. The van der Waals surface area contributed by atoms with Gasteiger partial charge in [0.1, 0.15) is 18.8 Å². The molecule has 13 heteroatoms. The standard InChI is InChI=1S/C29H24FN9O3/c1-38-14-19(13-33-38)34-29-36-26(35-28(32)37-29)20-3-2-4-23(21(20)15-42-24(40)7-9-31)39-10-8-17-11-18(16-5-6-16)12-22(30)25(17)27(39)41/h2-4,8,10-14,16H,5-7,15H2,1H3,(H3,32,34,35,36,37). The molecule has 6 rings (SSSR count). The lowest BCUT2D eigenvalue weighted by Gasteiger charge is -2.17. The van der Waals surface area contributed by atoms with Gasteiger partial charge < -0.3 is 15.8 Å². The van der Waals surface area contributed by atoms with Crippen molar-refractivity contribution in [2.75, 3.05) is 11.1 Å². The summed E-state index contributed by atoms with van der Waals surface area (Å²) in [4.78, 5) is 38.8. The van der Waals surface area contributed by atoms with Crippen LogP contribution in [0.25, 0.3) is 27.8 Å². The number of pyridine rings is 1. The van der Waals surface area contributed by atoms with Crippen molar-refractivity contribution in [2.45, 2.75) is 31.8 Å². The number of esters is 1. The Labute approximate surface area is 238 Å². The van der Waals surface area contributed by atoms with Gasteiger partial charge in [0.05, 0.1) is 29.0 Å². The molecule has 0 radical (unpaired) electrons. The molecule has 0 unspecified atom stereocenters. The fourth-order valence-corrected chi connectivity index (χ4v) is 4.81. The Kier molecular flexibility index (Phi) is 6.79. The molecule has 3 aromatic heterocycles. The predicted molar refractivity (Wildman–Crippen MR) is 151 cm³/mol. The molecule has 210 valence electrons. The Bertz CT molecular complexity index is 1960. The lowest BCUT2D eigenvalue weighted by Crippen LogP contribution is -2.21. The van der Waals surface area contributed by atoms with Crippen LogP contribution in [0, 0.1) is 17.1 Å². The number of ether oxygens (including phenoxy) is 1. The summed E-state index contributed by atoms with van der Waals surface area (Å²) in [5.74, 6) is -0.834. The first-order valence-electron chi connectivity index (χ1n) is 13.1. The second-order valence-electron chi connectivity index (χ2n) is 9.90. The molecule has 0 aliphatic heterocycles. The summed E-state index contributed by atoms with van der Waals surface area (Å²) in [6.45, 7) is -0.323. The van der Waals surface area contributed by atoms with Crippen LogP contribution in [0.5, 0.6) is 0 Å². The third kappa shape index (κ3) is 5.25. The summed E-state index contributed by atoms with van der Waals surface area (Å²) in [6, 6.07) is 11.7. The first-order valence-corrected chi connectivity index (χ1v) is 13.1. The zero-order valence-corrected chi connectivity index (χ0v) is 22.4. The van der Waals surface area contributed by atoms with Crippen molar-refractivity contribution in [3.05, 3.63) is 82.3 Å². The number of carbonyl (C=O) groups excluding carboxylic acids is 1. The highest BCUT2D eigenvalue weighted by Crippen LogP contribution is 2.41. The Morgan fingerprint density at radius 2 is 2.07 bits per heavy atom. The summed E-state index contributed by atoms with van der Waals surface area (Å²) >= 11 is 0. The van der Waals surface area contributed by atoms with Crippen molar-refractivity contribution in [3.63, 3.8) is 0 Å². The van der Waals surface area contributed by atoms with E-state index in [1.54, 1.807) is 60.7 Å². The van der Waals surface area contributed by atoms with E-state index in [4.69, 9.17) is 15.7 Å². The number of rotatable bonds is 8. The Morgan fingerprint density at radius 3 is 2.81 bits per heavy atom. The molecule has 0 saturated heterocycles. The van der Waals surface area contributed by atoms with Gasteiger partial charge in [-0.15, -0.1) is 0 Å². The first kappa shape index (κ1) is 26.6. The van der Waals surface area contributed by atoms with Gasteiger partial charge in [-0.25, -0.2) is 4.39 Å².